The van der Waals surface area contributed by atoms with Crippen molar-refractivity contribution in [1.29, 1.82) is 0 Å². The zero-order valence-corrected chi connectivity index (χ0v) is 18.3. The van der Waals surface area contributed by atoms with Gasteiger partial charge < -0.3 is 9.80 Å². The number of piperazine rings is 1. The van der Waals surface area contributed by atoms with E-state index in [2.05, 4.69) is 20.1 Å². The molecule has 0 unspecified atom stereocenters. The van der Waals surface area contributed by atoms with Crippen LogP contribution in [0.2, 0.25) is 0 Å². The summed E-state index contributed by atoms with van der Waals surface area (Å²) in [4.78, 5) is 21.9. The van der Waals surface area contributed by atoms with E-state index in [4.69, 9.17) is 0 Å². The first-order valence-corrected chi connectivity index (χ1v) is 11.2. The third kappa shape index (κ3) is 4.60. The molecule has 6 heteroatoms. The molecule has 1 fully saturated rings. The molecule has 1 aliphatic heterocycles. The first-order valence-electron chi connectivity index (χ1n) is 11.2. The maximum atomic E-state index is 13.6. The van der Waals surface area contributed by atoms with E-state index in [9.17, 15) is 4.79 Å². The van der Waals surface area contributed by atoms with E-state index in [1.165, 1.54) is 0 Å². The van der Waals surface area contributed by atoms with E-state index < -0.39 is 0 Å². The minimum absolute atomic E-state index is 0.144. The number of hydrogen-bond acceptors (Lipinski definition) is 5. The first-order chi connectivity index (χ1) is 16.3. The average molecular weight is 436 g/mol. The molecule has 4 aromatic rings. The van der Waals surface area contributed by atoms with Gasteiger partial charge in [0.1, 0.15) is 0 Å². The number of carbonyl (C=O) groups is 1. The third-order valence-electron chi connectivity index (χ3n) is 6.04. The Balaban J connectivity index is 1.28. The summed E-state index contributed by atoms with van der Waals surface area (Å²) in [5, 5.41) is 8.80. The molecule has 2 aromatic heterocycles. The van der Waals surface area contributed by atoms with Crippen LogP contribution in [0.3, 0.4) is 0 Å². The van der Waals surface area contributed by atoms with Crippen LogP contribution in [-0.2, 0) is 4.79 Å². The summed E-state index contributed by atoms with van der Waals surface area (Å²) in [6, 6.07) is 27.9. The van der Waals surface area contributed by atoms with Gasteiger partial charge in [-0.3, -0.25) is 9.78 Å². The Bertz CT molecular complexity index is 1140. The van der Waals surface area contributed by atoms with Gasteiger partial charge in [-0.25, -0.2) is 0 Å². The second-order valence-electron chi connectivity index (χ2n) is 8.09. The Morgan fingerprint density at radius 3 is 1.94 bits per heavy atom. The van der Waals surface area contributed by atoms with Crippen molar-refractivity contribution in [2.45, 2.75) is 5.92 Å². The number of pyridine rings is 1. The van der Waals surface area contributed by atoms with Crippen LogP contribution in [0.4, 0.5) is 5.82 Å². The van der Waals surface area contributed by atoms with Crippen LogP contribution >= 0.6 is 0 Å². The highest BCUT2D eigenvalue weighted by atomic mass is 16.2. The average Bonchev–Trinajstić information content (AvgIpc) is 2.91. The molecule has 0 atom stereocenters. The van der Waals surface area contributed by atoms with E-state index in [0.29, 0.717) is 13.1 Å². The van der Waals surface area contributed by atoms with Crippen LogP contribution in [0.15, 0.2) is 97.3 Å². The number of nitrogens with zero attached hydrogens (tertiary/aromatic N) is 5. The number of aromatic nitrogens is 3. The molecule has 1 saturated heterocycles. The molecule has 0 saturated carbocycles. The molecule has 33 heavy (non-hydrogen) atoms. The van der Waals surface area contributed by atoms with Gasteiger partial charge in [0, 0.05) is 44.1 Å². The second-order valence-corrected chi connectivity index (χ2v) is 8.09. The van der Waals surface area contributed by atoms with Crippen molar-refractivity contribution in [3.63, 3.8) is 0 Å². The molecule has 0 aliphatic carbocycles. The molecule has 6 nitrogen and oxygen atoms in total. The Morgan fingerprint density at radius 2 is 1.39 bits per heavy atom. The SMILES string of the molecule is O=C(C(c1ccccc1)c1ccccc1)N1CCN(c2ccc(-c3cccnc3)nn2)CC1. The Morgan fingerprint density at radius 1 is 0.727 bits per heavy atom. The van der Waals surface area contributed by atoms with E-state index in [-0.39, 0.29) is 11.8 Å². The fraction of sp³-hybridized carbons (Fsp3) is 0.185. The fourth-order valence-electron chi connectivity index (χ4n) is 4.27. The lowest BCUT2D eigenvalue weighted by Gasteiger charge is -2.37. The highest BCUT2D eigenvalue weighted by Crippen LogP contribution is 2.28. The predicted octanol–water partition coefficient (Wildman–Crippen LogP) is 4.02. The summed E-state index contributed by atoms with van der Waals surface area (Å²) in [6.07, 6.45) is 3.52. The van der Waals surface area contributed by atoms with E-state index in [0.717, 1.165) is 41.3 Å². The van der Waals surface area contributed by atoms with Gasteiger partial charge in [-0.15, -0.1) is 10.2 Å². The van der Waals surface area contributed by atoms with Gasteiger partial charge in [-0.2, -0.15) is 0 Å². The van der Waals surface area contributed by atoms with E-state index in [1.807, 2.05) is 89.8 Å². The Hall–Kier alpha value is -4.06. The summed E-state index contributed by atoms with van der Waals surface area (Å²) in [5.74, 6) is 0.681. The van der Waals surface area contributed by atoms with Gasteiger partial charge in [0.15, 0.2) is 5.82 Å². The van der Waals surface area contributed by atoms with Gasteiger partial charge in [0.2, 0.25) is 5.91 Å². The van der Waals surface area contributed by atoms with Crippen LogP contribution in [-0.4, -0.2) is 52.2 Å². The second kappa shape index (κ2) is 9.61. The Labute approximate surface area is 193 Å². The van der Waals surface area contributed by atoms with Crippen LogP contribution < -0.4 is 4.90 Å². The number of hydrogen-bond donors (Lipinski definition) is 0. The maximum Gasteiger partial charge on any atom is 0.234 e. The largest absolute Gasteiger partial charge is 0.352 e. The van der Waals surface area contributed by atoms with Crippen molar-refractivity contribution in [1.82, 2.24) is 20.1 Å². The standard InChI is InChI=1S/C27H25N5O/c33-27(26(21-8-3-1-4-9-21)22-10-5-2-6-11-22)32-18-16-31(17-19-32)25-14-13-24(29-30-25)23-12-7-15-28-20-23/h1-15,20,26H,16-19H2. The van der Waals surface area contributed by atoms with Crippen LogP contribution in [0, 0.1) is 0 Å². The quantitative estimate of drug-likeness (QED) is 0.474. The van der Waals surface area contributed by atoms with Gasteiger partial charge in [0.05, 0.1) is 11.6 Å². The van der Waals surface area contributed by atoms with Gasteiger partial charge in [0.25, 0.3) is 0 Å². The topological polar surface area (TPSA) is 62.2 Å². The Kier molecular flexibility index (Phi) is 6.06. The molecule has 1 aliphatic rings. The van der Waals surface area contributed by atoms with Gasteiger partial charge in [-0.05, 0) is 35.4 Å². The maximum absolute atomic E-state index is 13.6. The first kappa shape index (κ1) is 20.8. The lowest BCUT2D eigenvalue weighted by molar-refractivity contribution is -0.132. The van der Waals surface area contributed by atoms with Crippen molar-refractivity contribution >= 4 is 11.7 Å². The van der Waals surface area contributed by atoms with Crippen molar-refractivity contribution < 1.29 is 4.79 Å². The van der Waals surface area contributed by atoms with Crippen molar-refractivity contribution in [3.05, 3.63) is 108 Å². The minimum atomic E-state index is -0.294. The molecule has 0 bridgehead atoms. The molecule has 164 valence electrons. The van der Waals surface area contributed by atoms with Crippen LogP contribution in [0.5, 0.6) is 0 Å². The van der Waals surface area contributed by atoms with Crippen molar-refractivity contribution in [2.24, 2.45) is 0 Å². The minimum Gasteiger partial charge on any atom is -0.352 e. The lowest BCUT2D eigenvalue weighted by Crippen LogP contribution is -2.50. The number of benzene rings is 2. The van der Waals surface area contributed by atoms with Crippen LogP contribution in [0.1, 0.15) is 17.0 Å². The summed E-state index contributed by atoms with van der Waals surface area (Å²) >= 11 is 0. The number of carbonyl (C=O) groups excluding carboxylic acids is 1. The molecule has 0 radical (unpaired) electrons. The van der Waals surface area contributed by atoms with Crippen molar-refractivity contribution in [3.8, 4) is 11.3 Å². The van der Waals surface area contributed by atoms with E-state index >= 15 is 0 Å². The zero-order valence-electron chi connectivity index (χ0n) is 18.3. The molecule has 0 spiro atoms. The number of rotatable bonds is 5. The fourth-order valence-corrected chi connectivity index (χ4v) is 4.27. The highest BCUT2D eigenvalue weighted by Gasteiger charge is 2.30. The summed E-state index contributed by atoms with van der Waals surface area (Å²) < 4.78 is 0. The molecule has 5 rings (SSSR count). The van der Waals surface area contributed by atoms with Crippen molar-refractivity contribution in [2.75, 3.05) is 31.1 Å². The molecule has 0 N–H and O–H groups in total. The molecular weight excluding hydrogens is 410 g/mol. The highest BCUT2D eigenvalue weighted by molar-refractivity contribution is 5.87. The zero-order chi connectivity index (χ0) is 22.5. The number of amides is 1. The molecule has 2 aromatic carbocycles. The summed E-state index contributed by atoms with van der Waals surface area (Å²) in [5.41, 5.74) is 3.79. The lowest BCUT2D eigenvalue weighted by atomic mass is 9.90. The van der Waals surface area contributed by atoms with Gasteiger partial charge in [-0.1, -0.05) is 60.7 Å². The predicted molar refractivity (Wildman–Crippen MR) is 129 cm³/mol. The van der Waals surface area contributed by atoms with Gasteiger partial charge >= 0.3 is 0 Å². The molecular formula is C27H25N5O. The molecule has 1 amide bonds. The van der Waals surface area contributed by atoms with E-state index in [1.54, 1.807) is 12.4 Å². The summed E-state index contributed by atoms with van der Waals surface area (Å²) in [7, 11) is 0. The molecule has 3 heterocycles. The normalized spacial score (nSPS) is 13.8. The summed E-state index contributed by atoms with van der Waals surface area (Å²) in [6.45, 7) is 2.76. The number of anilines is 1. The smallest absolute Gasteiger partial charge is 0.234 e. The van der Waals surface area contributed by atoms with Crippen LogP contribution in [0.25, 0.3) is 11.3 Å². The monoisotopic (exact) mass is 435 g/mol. The third-order valence-corrected chi connectivity index (χ3v) is 6.04.